The number of hydrogen-bond acceptors (Lipinski definition) is 5. The zero-order valence-corrected chi connectivity index (χ0v) is 19.1. The van der Waals surface area contributed by atoms with Gasteiger partial charge in [0.1, 0.15) is 0 Å². The number of hydrogen-bond donors (Lipinski definition) is 0. The van der Waals surface area contributed by atoms with E-state index in [2.05, 4.69) is 9.88 Å². The minimum Gasteiger partial charge on any atom is -0.342 e. The summed E-state index contributed by atoms with van der Waals surface area (Å²) in [4.78, 5) is 20.4. The molecule has 4 rings (SSSR count). The molecule has 30 heavy (non-hydrogen) atoms. The predicted octanol–water partition coefficient (Wildman–Crippen LogP) is 2.70. The van der Waals surface area contributed by atoms with Crippen molar-refractivity contribution in [3.05, 3.63) is 11.9 Å². The van der Waals surface area contributed by atoms with Gasteiger partial charge in [-0.15, -0.1) is 0 Å². The maximum Gasteiger partial charge on any atom is 0.227 e. The summed E-state index contributed by atoms with van der Waals surface area (Å²) in [5, 5.41) is 0.287. The van der Waals surface area contributed by atoms with Crippen molar-refractivity contribution in [1.82, 2.24) is 19.4 Å². The number of imidazole rings is 1. The summed E-state index contributed by atoms with van der Waals surface area (Å²) in [6.07, 6.45) is 10.9. The van der Waals surface area contributed by atoms with Crippen molar-refractivity contribution in [2.75, 3.05) is 31.9 Å². The van der Waals surface area contributed by atoms with Crippen LogP contribution in [0.2, 0.25) is 0 Å². The molecule has 0 N–H and O–H groups in total. The molecule has 7 nitrogen and oxygen atoms in total. The first-order chi connectivity index (χ1) is 14.4. The van der Waals surface area contributed by atoms with Gasteiger partial charge in [-0.3, -0.25) is 9.69 Å². The minimum atomic E-state index is -3.35. The van der Waals surface area contributed by atoms with Gasteiger partial charge in [0.15, 0.2) is 0 Å². The smallest absolute Gasteiger partial charge is 0.227 e. The zero-order chi connectivity index (χ0) is 21.1. The molecule has 3 fully saturated rings. The fraction of sp³-hybridized carbons (Fsp3) is 0.818. The van der Waals surface area contributed by atoms with Gasteiger partial charge in [0.25, 0.3) is 0 Å². The normalized spacial score (nSPS) is 22.2. The second-order valence-electron chi connectivity index (χ2n) is 9.51. The molecule has 2 saturated carbocycles. The Labute approximate surface area is 180 Å². The first kappa shape index (κ1) is 21.8. The molecule has 168 valence electrons. The molecule has 1 aliphatic heterocycles. The molecule has 0 spiro atoms. The van der Waals surface area contributed by atoms with Crippen molar-refractivity contribution >= 4 is 15.7 Å². The summed E-state index contributed by atoms with van der Waals surface area (Å²) < 4.78 is 28.2. The lowest BCUT2D eigenvalue weighted by Crippen LogP contribution is -2.34. The highest BCUT2D eigenvalue weighted by molar-refractivity contribution is 7.91. The van der Waals surface area contributed by atoms with Crippen molar-refractivity contribution < 1.29 is 13.2 Å². The Morgan fingerprint density at radius 2 is 1.77 bits per heavy atom. The lowest BCUT2D eigenvalue weighted by atomic mass is 9.89. The van der Waals surface area contributed by atoms with Crippen LogP contribution in [0.1, 0.15) is 64.0 Å². The Kier molecular flexibility index (Phi) is 6.82. The molecule has 0 bridgehead atoms. The van der Waals surface area contributed by atoms with Crippen LogP contribution >= 0.6 is 0 Å². The number of aromatic nitrogens is 2. The van der Waals surface area contributed by atoms with Gasteiger partial charge in [0, 0.05) is 46.2 Å². The van der Waals surface area contributed by atoms with E-state index in [0.717, 1.165) is 57.7 Å². The minimum absolute atomic E-state index is 0.132. The molecule has 1 amide bonds. The first-order valence-electron chi connectivity index (χ1n) is 11.7. The van der Waals surface area contributed by atoms with Gasteiger partial charge in [-0.2, -0.15) is 0 Å². The van der Waals surface area contributed by atoms with Crippen LogP contribution in [-0.2, 0) is 27.7 Å². The van der Waals surface area contributed by atoms with E-state index in [9.17, 15) is 13.2 Å². The molecule has 0 atom stereocenters. The molecule has 0 radical (unpaired) electrons. The van der Waals surface area contributed by atoms with Crippen LogP contribution in [0.25, 0.3) is 0 Å². The number of sulfone groups is 1. The second kappa shape index (κ2) is 9.39. The summed E-state index contributed by atoms with van der Waals surface area (Å²) in [5.41, 5.74) is 1.01. The summed E-state index contributed by atoms with van der Waals surface area (Å²) in [5.74, 6) is 1.24. The Morgan fingerprint density at radius 3 is 2.47 bits per heavy atom. The highest BCUT2D eigenvalue weighted by Crippen LogP contribution is 2.33. The van der Waals surface area contributed by atoms with Gasteiger partial charge in [-0.05, 0) is 43.9 Å². The summed E-state index contributed by atoms with van der Waals surface area (Å²) in [7, 11) is -3.35. The fourth-order valence-electron chi connectivity index (χ4n) is 4.93. The Bertz CT molecular complexity index is 841. The standard InChI is InChI=1S/C22H36N4O3S/c1-18(27)25-11-5-10-24(12-13-25)16-21-14-23-22(30(28,29)17-20-8-9-20)26(21)15-19-6-3-2-4-7-19/h14,19-20H,2-13,15-17H2,1H3. The lowest BCUT2D eigenvalue weighted by Gasteiger charge is -2.26. The largest absolute Gasteiger partial charge is 0.342 e. The van der Waals surface area contributed by atoms with E-state index >= 15 is 0 Å². The van der Waals surface area contributed by atoms with Gasteiger partial charge in [-0.1, -0.05) is 19.3 Å². The molecule has 0 unspecified atom stereocenters. The van der Waals surface area contributed by atoms with E-state index in [1.165, 1.54) is 32.1 Å². The number of nitrogens with zero attached hydrogens (tertiary/aromatic N) is 4. The van der Waals surface area contributed by atoms with Crippen LogP contribution in [0, 0.1) is 11.8 Å². The van der Waals surface area contributed by atoms with E-state index < -0.39 is 9.84 Å². The second-order valence-corrected chi connectivity index (χ2v) is 11.4. The highest BCUT2D eigenvalue weighted by atomic mass is 32.2. The number of rotatable bonds is 7. The van der Waals surface area contributed by atoms with E-state index in [4.69, 9.17) is 0 Å². The summed E-state index contributed by atoms with van der Waals surface area (Å²) in [6.45, 7) is 6.37. The van der Waals surface area contributed by atoms with Gasteiger partial charge in [0.05, 0.1) is 17.6 Å². The summed E-state index contributed by atoms with van der Waals surface area (Å²) >= 11 is 0. The molecule has 1 saturated heterocycles. The third-order valence-corrected chi connectivity index (χ3v) is 8.71. The molecule has 1 aromatic rings. The molecule has 3 aliphatic rings. The quantitative estimate of drug-likeness (QED) is 0.657. The highest BCUT2D eigenvalue weighted by Gasteiger charge is 2.33. The predicted molar refractivity (Wildman–Crippen MR) is 116 cm³/mol. The zero-order valence-electron chi connectivity index (χ0n) is 18.3. The van der Waals surface area contributed by atoms with E-state index in [-0.39, 0.29) is 16.8 Å². The number of amides is 1. The van der Waals surface area contributed by atoms with Crippen molar-refractivity contribution in [3.8, 4) is 0 Å². The Balaban J connectivity index is 1.53. The average Bonchev–Trinajstić information content (AvgIpc) is 3.47. The molecule has 8 heteroatoms. The summed E-state index contributed by atoms with van der Waals surface area (Å²) in [6, 6.07) is 0. The van der Waals surface area contributed by atoms with Gasteiger partial charge in [0.2, 0.25) is 20.9 Å². The molecule has 2 aliphatic carbocycles. The Hall–Kier alpha value is -1.41. The Morgan fingerprint density at radius 1 is 1.00 bits per heavy atom. The van der Waals surface area contributed by atoms with Crippen molar-refractivity contribution in [2.45, 2.75) is 76.5 Å². The van der Waals surface area contributed by atoms with Crippen LogP contribution in [-0.4, -0.2) is 65.6 Å². The lowest BCUT2D eigenvalue weighted by molar-refractivity contribution is -0.128. The van der Waals surface area contributed by atoms with Gasteiger partial charge in [-0.25, -0.2) is 13.4 Å². The van der Waals surface area contributed by atoms with Crippen LogP contribution in [0.15, 0.2) is 11.4 Å². The third-order valence-electron chi connectivity index (χ3n) is 6.92. The maximum absolute atomic E-state index is 13.1. The monoisotopic (exact) mass is 436 g/mol. The van der Waals surface area contributed by atoms with Crippen LogP contribution in [0.4, 0.5) is 0 Å². The SMILES string of the molecule is CC(=O)N1CCCN(Cc2cnc(S(=O)(=O)CC3CC3)n2CC2CCCCC2)CC1. The number of carbonyl (C=O) groups excluding carboxylic acids is 1. The topological polar surface area (TPSA) is 75.5 Å². The first-order valence-corrected chi connectivity index (χ1v) is 13.3. The third kappa shape index (κ3) is 5.44. The van der Waals surface area contributed by atoms with Crippen molar-refractivity contribution in [3.63, 3.8) is 0 Å². The molecule has 2 heterocycles. The van der Waals surface area contributed by atoms with Gasteiger partial charge >= 0.3 is 0 Å². The average molecular weight is 437 g/mol. The van der Waals surface area contributed by atoms with E-state index in [1.54, 1.807) is 13.1 Å². The van der Waals surface area contributed by atoms with E-state index in [0.29, 0.717) is 18.4 Å². The van der Waals surface area contributed by atoms with Gasteiger partial charge < -0.3 is 9.47 Å². The number of carbonyl (C=O) groups is 1. The molecular formula is C22H36N4O3S. The molecule has 1 aromatic heterocycles. The molecule has 0 aromatic carbocycles. The van der Waals surface area contributed by atoms with Crippen LogP contribution in [0.5, 0.6) is 0 Å². The fourth-order valence-corrected chi connectivity index (χ4v) is 6.78. The van der Waals surface area contributed by atoms with Crippen molar-refractivity contribution in [1.29, 1.82) is 0 Å². The van der Waals surface area contributed by atoms with Crippen LogP contribution in [0.3, 0.4) is 0 Å². The molecular weight excluding hydrogens is 400 g/mol. The van der Waals surface area contributed by atoms with Crippen molar-refractivity contribution in [2.24, 2.45) is 11.8 Å². The van der Waals surface area contributed by atoms with E-state index in [1.807, 2.05) is 9.47 Å². The van der Waals surface area contributed by atoms with Crippen LogP contribution < -0.4 is 0 Å². The maximum atomic E-state index is 13.1.